The SMILES string of the molecule is C=CCOC(=O)CCC(NC(=O)Nc1ccc(C(C)(C)O[SiH2]C(C)(C)C)cc1)C(=O)OCC=C. The standard InChI is InChI=1S/C25H38N2O6Si/c1-8-16-31-21(28)15-14-20(22(29)32-17-9-2)27-23(30)26-19-12-10-18(11-13-19)25(6,7)33-34-24(3,4)5/h8-13,20H,1-2,14-17,34H2,3-7H3,(H2,26,27,30). The van der Waals surface area contributed by atoms with Crippen LogP contribution in [0.1, 0.15) is 53.0 Å². The summed E-state index contributed by atoms with van der Waals surface area (Å²) in [5.74, 6) is -1.16. The lowest BCUT2D eigenvalue weighted by Crippen LogP contribution is -2.44. The Bertz CT molecular complexity index is 846. The molecule has 0 bridgehead atoms. The predicted octanol–water partition coefficient (Wildman–Crippen LogP) is 3.97. The topological polar surface area (TPSA) is 103 Å². The van der Waals surface area contributed by atoms with Gasteiger partial charge in [0.25, 0.3) is 0 Å². The fourth-order valence-electron chi connectivity index (χ4n) is 2.74. The highest BCUT2D eigenvalue weighted by atomic mass is 28.2. The predicted molar refractivity (Wildman–Crippen MR) is 136 cm³/mol. The number of carbonyl (C=O) groups excluding carboxylic acids is 3. The molecule has 1 rings (SSSR count). The second kappa shape index (κ2) is 13.7. The largest absolute Gasteiger partial charge is 0.461 e. The smallest absolute Gasteiger partial charge is 0.329 e. The summed E-state index contributed by atoms with van der Waals surface area (Å²) in [6.07, 6.45) is 2.83. The first-order chi connectivity index (χ1) is 15.9. The number of rotatable bonds is 13. The summed E-state index contributed by atoms with van der Waals surface area (Å²) in [5, 5.41) is 5.45. The third kappa shape index (κ3) is 11.3. The molecule has 1 unspecified atom stereocenters. The molecule has 0 saturated heterocycles. The zero-order valence-corrected chi connectivity index (χ0v) is 22.4. The number of amides is 2. The Labute approximate surface area is 205 Å². The number of hydrogen-bond donors (Lipinski definition) is 2. The van der Waals surface area contributed by atoms with Crippen LogP contribution in [-0.4, -0.2) is 47.0 Å². The van der Waals surface area contributed by atoms with Crippen molar-refractivity contribution in [2.75, 3.05) is 18.5 Å². The van der Waals surface area contributed by atoms with Gasteiger partial charge in [-0.05, 0) is 43.0 Å². The van der Waals surface area contributed by atoms with Crippen LogP contribution in [0.3, 0.4) is 0 Å². The van der Waals surface area contributed by atoms with Crippen LogP contribution in [0.25, 0.3) is 0 Å². The third-order valence-corrected chi connectivity index (χ3v) is 6.37. The Hall–Kier alpha value is -2.91. The van der Waals surface area contributed by atoms with Crippen LogP contribution >= 0.6 is 0 Å². The first-order valence-corrected chi connectivity index (χ1v) is 12.5. The molecule has 0 aromatic heterocycles. The van der Waals surface area contributed by atoms with Crippen molar-refractivity contribution >= 4 is 33.4 Å². The zero-order chi connectivity index (χ0) is 25.8. The summed E-state index contributed by atoms with van der Waals surface area (Å²) in [6.45, 7) is 17.6. The van der Waals surface area contributed by atoms with Gasteiger partial charge in [-0.15, -0.1) is 0 Å². The fourth-order valence-corrected chi connectivity index (χ4v) is 3.70. The first-order valence-electron chi connectivity index (χ1n) is 11.2. The fraction of sp³-hybridized carbons (Fsp3) is 0.480. The summed E-state index contributed by atoms with van der Waals surface area (Å²) in [5.41, 5.74) is 1.12. The van der Waals surface area contributed by atoms with E-state index in [4.69, 9.17) is 13.9 Å². The molecule has 0 aliphatic heterocycles. The molecule has 0 saturated carbocycles. The highest BCUT2D eigenvalue weighted by Gasteiger charge is 2.25. The summed E-state index contributed by atoms with van der Waals surface area (Å²) < 4.78 is 16.2. The molecule has 34 heavy (non-hydrogen) atoms. The van der Waals surface area contributed by atoms with Crippen LogP contribution in [0.4, 0.5) is 10.5 Å². The molecule has 0 aliphatic rings. The molecule has 0 spiro atoms. The van der Waals surface area contributed by atoms with E-state index in [0.29, 0.717) is 5.69 Å². The first kappa shape index (κ1) is 29.1. The number of nitrogens with one attached hydrogen (secondary N) is 2. The average Bonchev–Trinajstić information content (AvgIpc) is 2.77. The molecule has 0 radical (unpaired) electrons. The molecule has 2 amide bonds. The highest BCUT2D eigenvalue weighted by molar-refractivity contribution is 6.31. The summed E-state index contributed by atoms with van der Waals surface area (Å²) in [7, 11) is -0.737. The number of urea groups is 1. The van der Waals surface area contributed by atoms with Crippen LogP contribution < -0.4 is 10.6 Å². The molecular formula is C25H38N2O6Si. The highest BCUT2D eigenvalue weighted by Crippen LogP contribution is 2.30. The zero-order valence-electron chi connectivity index (χ0n) is 20.9. The normalized spacial score (nSPS) is 12.6. The lowest BCUT2D eigenvalue weighted by Gasteiger charge is -2.30. The second-order valence-electron chi connectivity index (χ2n) is 9.52. The Morgan fingerprint density at radius 1 is 1.00 bits per heavy atom. The Kier molecular flexibility index (Phi) is 11.7. The van der Waals surface area contributed by atoms with Crippen LogP contribution in [-0.2, 0) is 29.1 Å². The monoisotopic (exact) mass is 490 g/mol. The lowest BCUT2D eigenvalue weighted by molar-refractivity contribution is -0.146. The maximum atomic E-state index is 12.5. The number of benzene rings is 1. The van der Waals surface area contributed by atoms with E-state index in [1.165, 1.54) is 12.2 Å². The van der Waals surface area contributed by atoms with Gasteiger partial charge in [0.05, 0.1) is 5.60 Å². The van der Waals surface area contributed by atoms with Crippen molar-refractivity contribution in [3.63, 3.8) is 0 Å². The molecule has 2 N–H and O–H groups in total. The van der Waals surface area contributed by atoms with Gasteiger partial charge in [-0.3, -0.25) is 4.79 Å². The van der Waals surface area contributed by atoms with Crippen LogP contribution in [0.2, 0.25) is 5.04 Å². The number of anilines is 1. The van der Waals surface area contributed by atoms with E-state index in [1.54, 1.807) is 12.1 Å². The molecule has 0 heterocycles. The summed E-state index contributed by atoms with van der Waals surface area (Å²) in [4.78, 5) is 36.6. The third-order valence-electron chi connectivity index (χ3n) is 4.64. The maximum absolute atomic E-state index is 12.5. The van der Waals surface area contributed by atoms with Gasteiger partial charge in [-0.2, -0.15) is 0 Å². The minimum absolute atomic E-state index is 0.00304. The van der Waals surface area contributed by atoms with Crippen molar-refractivity contribution in [1.82, 2.24) is 5.32 Å². The Morgan fingerprint density at radius 2 is 1.59 bits per heavy atom. The molecule has 1 aromatic carbocycles. The van der Waals surface area contributed by atoms with Gasteiger partial charge >= 0.3 is 18.0 Å². The molecule has 8 nitrogen and oxygen atoms in total. The maximum Gasteiger partial charge on any atom is 0.329 e. The second-order valence-corrected chi connectivity index (χ2v) is 12.2. The average molecular weight is 491 g/mol. The van der Waals surface area contributed by atoms with E-state index in [1.807, 2.05) is 26.0 Å². The van der Waals surface area contributed by atoms with Crippen molar-refractivity contribution in [1.29, 1.82) is 0 Å². The van der Waals surface area contributed by atoms with E-state index >= 15 is 0 Å². The van der Waals surface area contributed by atoms with Crippen LogP contribution in [0.15, 0.2) is 49.6 Å². The number of esters is 2. The van der Waals surface area contributed by atoms with Crippen molar-refractivity contribution in [2.24, 2.45) is 0 Å². The summed E-state index contributed by atoms with van der Waals surface area (Å²) >= 11 is 0. The van der Waals surface area contributed by atoms with E-state index < -0.39 is 39.4 Å². The number of carbonyl (C=O) groups is 3. The molecule has 9 heteroatoms. The Balaban J connectivity index is 2.76. The molecule has 188 valence electrons. The van der Waals surface area contributed by atoms with Crippen molar-refractivity contribution in [3.05, 3.63) is 55.1 Å². The minimum atomic E-state index is -1.02. The van der Waals surface area contributed by atoms with Gasteiger partial charge in [-0.1, -0.05) is 58.2 Å². The van der Waals surface area contributed by atoms with Crippen LogP contribution in [0.5, 0.6) is 0 Å². The van der Waals surface area contributed by atoms with Crippen molar-refractivity contribution in [2.45, 2.75) is 64.1 Å². The quantitative estimate of drug-likeness (QED) is 0.246. The van der Waals surface area contributed by atoms with E-state index in [9.17, 15) is 14.4 Å². The van der Waals surface area contributed by atoms with Crippen molar-refractivity contribution in [3.8, 4) is 0 Å². The minimum Gasteiger partial charge on any atom is -0.461 e. The van der Waals surface area contributed by atoms with Crippen molar-refractivity contribution < 1.29 is 28.3 Å². The van der Waals surface area contributed by atoms with Gasteiger partial charge in [0.15, 0.2) is 9.76 Å². The van der Waals surface area contributed by atoms with Gasteiger partial charge < -0.3 is 24.5 Å². The lowest BCUT2D eigenvalue weighted by atomic mass is 9.98. The van der Waals surface area contributed by atoms with Crippen LogP contribution in [0, 0.1) is 0 Å². The molecule has 1 aromatic rings. The molecular weight excluding hydrogens is 452 g/mol. The molecule has 1 atom stereocenters. The Morgan fingerprint density at radius 3 is 2.15 bits per heavy atom. The van der Waals surface area contributed by atoms with Gasteiger partial charge in [0.2, 0.25) is 0 Å². The number of hydrogen-bond acceptors (Lipinski definition) is 6. The van der Waals surface area contributed by atoms with Gasteiger partial charge in [0.1, 0.15) is 19.3 Å². The van der Waals surface area contributed by atoms with E-state index in [0.717, 1.165) is 5.56 Å². The van der Waals surface area contributed by atoms with Gasteiger partial charge in [0, 0.05) is 12.1 Å². The molecule has 0 fully saturated rings. The molecule has 0 aliphatic carbocycles. The van der Waals surface area contributed by atoms with E-state index in [2.05, 4.69) is 44.6 Å². The van der Waals surface area contributed by atoms with Gasteiger partial charge in [-0.25, -0.2) is 9.59 Å². The van der Waals surface area contributed by atoms with E-state index in [-0.39, 0.29) is 31.1 Å². The summed E-state index contributed by atoms with van der Waals surface area (Å²) in [6, 6.07) is 5.73. The number of ether oxygens (including phenoxy) is 2.